The summed E-state index contributed by atoms with van der Waals surface area (Å²) in [6.07, 6.45) is -6.41. The first-order chi connectivity index (χ1) is 8.76. The van der Waals surface area contributed by atoms with Crippen LogP contribution in [0.25, 0.3) is 0 Å². The maximum absolute atomic E-state index is 12.2. The number of nitrogens with one attached hydrogen (secondary N) is 1. The normalized spacial score (nSPS) is 15.1. The van der Waals surface area contributed by atoms with Crippen LogP contribution in [0.3, 0.4) is 0 Å². The van der Waals surface area contributed by atoms with E-state index in [4.69, 9.17) is 4.42 Å². The molecule has 0 radical (unpaired) electrons. The van der Waals surface area contributed by atoms with E-state index in [-0.39, 0.29) is 23.3 Å². The highest BCUT2D eigenvalue weighted by atomic mass is 19.4. The molecule has 0 atom stereocenters. The molecule has 1 N–H and O–H groups in total. The van der Waals surface area contributed by atoms with Crippen LogP contribution in [0.5, 0.6) is 0 Å². The van der Waals surface area contributed by atoms with Crippen molar-refractivity contribution in [2.75, 3.05) is 0 Å². The van der Waals surface area contributed by atoms with E-state index in [2.05, 4.69) is 0 Å². The predicted octanol–water partition coefficient (Wildman–Crippen LogP) is 0.947. The Morgan fingerprint density at radius 3 is 2.58 bits per heavy atom. The number of fused-ring (bicyclic) bond motifs is 1. The summed E-state index contributed by atoms with van der Waals surface area (Å²) in [5.41, 5.74) is -1.09. The summed E-state index contributed by atoms with van der Waals surface area (Å²) in [5, 5.41) is 1.97. The molecular formula is C11H8F3NO4. The number of carbonyl (C=O) groups excluding carboxylic acids is 2. The maximum Gasteiger partial charge on any atom is 0.389 e. The molecule has 8 heteroatoms. The Hall–Kier alpha value is -2.12. The van der Waals surface area contributed by atoms with E-state index in [1.165, 1.54) is 0 Å². The third-order valence-electron chi connectivity index (χ3n) is 2.59. The van der Waals surface area contributed by atoms with Crippen LogP contribution in [0.1, 0.15) is 28.1 Å². The molecule has 0 unspecified atom stereocenters. The van der Waals surface area contributed by atoms with E-state index in [0.717, 1.165) is 6.07 Å². The molecule has 1 aliphatic heterocycles. The number of aryl methyl sites for hydroxylation is 1. The Bertz CT molecular complexity index is 603. The zero-order valence-electron chi connectivity index (χ0n) is 9.47. The summed E-state index contributed by atoms with van der Waals surface area (Å²) in [7, 11) is 0. The van der Waals surface area contributed by atoms with Crippen molar-refractivity contribution >= 4 is 11.8 Å². The highest BCUT2D eigenvalue weighted by Gasteiger charge is 2.31. The van der Waals surface area contributed by atoms with Crippen LogP contribution in [0.15, 0.2) is 15.3 Å². The van der Waals surface area contributed by atoms with Crippen LogP contribution < -0.4 is 10.9 Å². The Morgan fingerprint density at radius 2 is 1.95 bits per heavy atom. The van der Waals surface area contributed by atoms with Crippen molar-refractivity contribution in [3.63, 3.8) is 0 Å². The van der Waals surface area contributed by atoms with Crippen molar-refractivity contribution in [2.45, 2.75) is 25.4 Å². The number of rotatable bonds is 2. The van der Waals surface area contributed by atoms with Crippen molar-refractivity contribution < 1.29 is 27.2 Å². The third-order valence-corrected chi connectivity index (χ3v) is 2.59. The molecule has 102 valence electrons. The fourth-order valence-electron chi connectivity index (χ4n) is 1.85. The number of amides is 2. The van der Waals surface area contributed by atoms with Gasteiger partial charge in [0.2, 0.25) is 5.91 Å². The van der Waals surface area contributed by atoms with Gasteiger partial charge in [0.15, 0.2) is 0 Å². The topological polar surface area (TPSA) is 76.4 Å². The fourth-order valence-corrected chi connectivity index (χ4v) is 1.85. The first-order valence-corrected chi connectivity index (χ1v) is 5.33. The number of halogens is 3. The van der Waals surface area contributed by atoms with Crippen molar-refractivity contribution in [1.82, 2.24) is 5.32 Å². The lowest BCUT2D eigenvalue weighted by Crippen LogP contribution is -2.38. The molecule has 0 aromatic carbocycles. The lowest BCUT2D eigenvalue weighted by Gasteiger charge is -2.17. The number of hydrogen-bond acceptors (Lipinski definition) is 4. The second kappa shape index (κ2) is 4.52. The first kappa shape index (κ1) is 13.3. The molecule has 0 spiro atoms. The molecule has 0 saturated heterocycles. The molecular weight excluding hydrogens is 267 g/mol. The summed E-state index contributed by atoms with van der Waals surface area (Å²) in [6, 6.07) is 0.847. The molecule has 0 saturated carbocycles. The van der Waals surface area contributed by atoms with Crippen LogP contribution in [0.2, 0.25) is 0 Å². The van der Waals surface area contributed by atoms with Gasteiger partial charge in [-0.15, -0.1) is 0 Å². The lowest BCUT2D eigenvalue weighted by molar-refractivity contribution is -0.134. The van der Waals surface area contributed by atoms with Crippen molar-refractivity contribution in [3.05, 3.63) is 33.4 Å². The third kappa shape index (κ3) is 3.01. The number of imide groups is 1. The molecule has 2 rings (SSSR count). The molecule has 0 aliphatic carbocycles. The minimum absolute atomic E-state index is 0.0615. The minimum atomic E-state index is -4.40. The Labute approximate surface area is 104 Å². The molecule has 1 aromatic heterocycles. The second-order valence-electron chi connectivity index (χ2n) is 4.06. The van der Waals surface area contributed by atoms with Crippen LogP contribution in [0.4, 0.5) is 13.2 Å². The van der Waals surface area contributed by atoms with Gasteiger partial charge in [-0.2, -0.15) is 13.2 Å². The molecule has 0 bridgehead atoms. The summed E-state index contributed by atoms with van der Waals surface area (Å²) >= 11 is 0. The standard InChI is InChI=1S/C11H8F3NO4/c12-11(13,14)2-1-5-3-8(17)19-6-4-7(16)15-10(18)9(5)6/h3H,1-2,4H2,(H,15,16,18). The van der Waals surface area contributed by atoms with E-state index in [0.29, 0.717) is 0 Å². The van der Waals surface area contributed by atoms with Gasteiger partial charge in [0.05, 0.1) is 12.0 Å². The maximum atomic E-state index is 12.2. The van der Waals surface area contributed by atoms with Gasteiger partial charge in [0.25, 0.3) is 5.91 Å². The Balaban J connectivity index is 2.42. The van der Waals surface area contributed by atoms with Gasteiger partial charge in [0, 0.05) is 12.5 Å². The number of carbonyl (C=O) groups is 2. The van der Waals surface area contributed by atoms with Gasteiger partial charge < -0.3 is 4.42 Å². The van der Waals surface area contributed by atoms with Crippen molar-refractivity contribution in [1.29, 1.82) is 0 Å². The van der Waals surface area contributed by atoms with Gasteiger partial charge in [-0.1, -0.05) is 0 Å². The van der Waals surface area contributed by atoms with Gasteiger partial charge in [-0.05, 0) is 12.0 Å². The van der Waals surface area contributed by atoms with Crippen LogP contribution >= 0.6 is 0 Å². The summed E-state index contributed by atoms with van der Waals surface area (Å²) in [5.74, 6) is -1.68. The van der Waals surface area contributed by atoms with E-state index >= 15 is 0 Å². The van der Waals surface area contributed by atoms with Crippen LogP contribution in [0, 0.1) is 0 Å². The van der Waals surface area contributed by atoms with Gasteiger partial charge in [-0.25, -0.2) is 4.79 Å². The van der Waals surface area contributed by atoms with Crippen molar-refractivity contribution in [2.24, 2.45) is 0 Å². The highest BCUT2D eigenvalue weighted by molar-refractivity contribution is 6.09. The van der Waals surface area contributed by atoms with Gasteiger partial charge >= 0.3 is 11.8 Å². The van der Waals surface area contributed by atoms with E-state index in [1.807, 2.05) is 5.32 Å². The smallest absolute Gasteiger partial charge is 0.389 e. The summed E-state index contributed by atoms with van der Waals surface area (Å²) < 4.78 is 41.2. The second-order valence-corrected chi connectivity index (χ2v) is 4.06. The Morgan fingerprint density at radius 1 is 1.26 bits per heavy atom. The van der Waals surface area contributed by atoms with E-state index in [9.17, 15) is 27.6 Å². The monoisotopic (exact) mass is 275 g/mol. The molecule has 1 aromatic rings. The minimum Gasteiger partial charge on any atom is -0.426 e. The fraction of sp³-hybridized carbons (Fsp3) is 0.364. The number of hydrogen-bond donors (Lipinski definition) is 1. The lowest BCUT2D eigenvalue weighted by atomic mass is 9.98. The summed E-state index contributed by atoms with van der Waals surface area (Å²) in [4.78, 5) is 33.9. The summed E-state index contributed by atoms with van der Waals surface area (Å²) in [6.45, 7) is 0. The zero-order valence-corrected chi connectivity index (χ0v) is 9.47. The van der Waals surface area contributed by atoms with Crippen molar-refractivity contribution in [3.8, 4) is 0 Å². The molecule has 2 amide bonds. The van der Waals surface area contributed by atoms with E-state index in [1.54, 1.807) is 0 Å². The van der Waals surface area contributed by atoms with Gasteiger partial charge in [-0.3, -0.25) is 14.9 Å². The Kier molecular flexibility index (Phi) is 3.17. The van der Waals surface area contributed by atoms with Crippen LogP contribution in [-0.2, 0) is 17.6 Å². The van der Waals surface area contributed by atoms with Crippen LogP contribution in [-0.4, -0.2) is 18.0 Å². The molecule has 19 heavy (non-hydrogen) atoms. The zero-order chi connectivity index (χ0) is 14.2. The molecule has 1 aliphatic rings. The average Bonchev–Trinajstić information content (AvgIpc) is 2.23. The molecule has 2 heterocycles. The largest absolute Gasteiger partial charge is 0.426 e. The average molecular weight is 275 g/mol. The predicted molar refractivity (Wildman–Crippen MR) is 55.5 cm³/mol. The van der Waals surface area contributed by atoms with Gasteiger partial charge in [0.1, 0.15) is 5.76 Å². The van der Waals surface area contributed by atoms with E-state index < -0.39 is 36.5 Å². The SMILES string of the molecule is O=C1Cc2oc(=O)cc(CCC(F)(F)F)c2C(=O)N1. The molecule has 5 nitrogen and oxygen atoms in total. The first-order valence-electron chi connectivity index (χ1n) is 5.33. The quantitative estimate of drug-likeness (QED) is 0.815. The number of alkyl halides is 3. The molecule has 0 fully saturated rings. The highest BCUT2D eigenvalue weighted by Crippen LogP contribution is 2.25.